The minimum atomic E-state index is -0.866. The Balaban J connectivity index is 2.17. The number of carbonyl (C=O) groups excluding carboxylic acids is 1. The average molecular weight is 279 g/mol. The van der Waals surface area contributed by atoms with E-state index in [-0.39, 0.29) is 12.3 Å². The molecular weight excluding hydrogens is 258 g/mol. The number of nitrogens with zero attached hydrogens (tertiary/aromatic N) is 2. The van der Waals surface area contributed by atoms with E-state index in [1.165, 1.54) is 0 Å². The third kappa shape index (κ3) is 3.18. The van der Waals surface area contributed by atoms with Crippen molar-refractivity contribution in [1.82, 2.24) is 15.1 Å². The van der Waals surface area contributed by atoms with Crippen molar-refractivity contribution in [3.8, 4) is 0 Å². The van der Waals surface area contributed by atoms with Crippen LogP contribution >= 0.6 is 0 Å². The van der Waals surface area contributed by atoms with Crippen LogP contribution < -0.4 is 5.32 Å². The summed E-state index contributed by atoms with van der Waals surface area (Å²) in [7, 11) is 1.76. The number of hydrogen-bond donors (Lipinski definition) is 2. The summed E-state index contributed by atoms with van der Waals surface area (Å²) in [5.74, 6) is -1.09. The molecule has 0 spiro atoms. The highest BCUT2D eigenvalue weighted by molar-refractivity contribution is 5.95. The van der Waals surface area contributed by atoms with Crippen LogP contribution in [0.5, 0.6) is 0 Å². The van der Waals surface area contributed by atoms with Gasteiger partial charge < -0.3 is 10.4 Å². The molecule has 20 heavy (non-hydrogen) atoms. The minimum absolute atomic E-state index is 0.0158. The molecule has 0 aromatic carbocycles. The lowest BCUT2D eigenvalue weighted by molar-refractivity contribution is -0.139. The van der Waals surface area contributed by atoms with Gasteiger partial charge in [0.25, 0.3) is 5.91 Å². The number of carboxylic acid groups (broad SMARTS) is 1. The molecule has 1 heterocycles. The Labute approximate surface area is 118 Å². The maximum absolute atomic E-state index is 12.4. The molecule has 1 amide bonds. The summed E-state index contributed by atoms with van der Waals surface area (Å²) in [5, 5.41) is 16.2. The first-order chi connectivity index (χ1) is 9.42. The fraction of sp³-hybridized carbons (Fsp3) is 0.643. The number of rotatable bonds is 4. The van der Waals surface area contributed by atoms with Crippen LogP contribution in [0.15, 0.2) is 6.20 Å². The van der Waals surface area contributed by atoms with Gasteiger partial charge in [-0.2, -0.15) is 5.10 Å². The van der Waals surface area contributed by atoms with Crippen LogP contribution in [-0.2, 0) is 11.8 Å². The highest BCUT2D eigenvalue weighted by Crippen LogP contribution is 2.31. The third-order valence-corrected chi connectivity index (χ3v) is 3.94. The lowest BCUT2D eigenvalue weighted by Gasteiger charge is -2.37. The lowest BCUT2D eigenvalue weighted by Crippen LogP contribution is -2.51. The lowest BCUT2D eigenvalue weighted by atomic mass is 9.79. The van der Waals surface area contributed by atoms with Gasteiger partial charge >= 0.3 is 5.97 Å². The standard InChI is InChI=1S/C14H21N3O3/c1-10-11(9-17(2)16-10)13(20)15-14(8-12(18)19)6-4-3-5-7-14/h9H,3-8H2,1-2H3,(H,15,20)(H,18,19). The van der Waals surface area contributed by atoms with E-state index in [4.69, 9.17) is 5.11 Å². The summed E-state index contributed by atoms with van der Waals surface area (Å²) in [6.07, 6.45) is 6.12. The molecule has 2 N–H and O–H groups in total. The largest absolute Gasteiger partial charge is 0.481 e. The van der Waals surface area contributed by atoms with Gasteiger partial charge in [-0.15, -0.1) is 0 Å². The van der Waals surface area contributed by atoms with Crippen molar-refractivity contribution in [1.29, 1.82) is 0 Å². The molecule has 1 aromatic heterocycles. The number of aryl methyl sites for hydroxylation is 2. The average Bonchev–Trinajstić information content (AvgIpc) is 2.68. The predicted molar refractivity (Wildman–Crippen MR) is 73.5 cm³/mol. The molecule has 110 valence electrons. The maximum Gasteiger partial charge on any atom is 0.305 e. The van der Waals surface area contributed by atoms with Crippen molar-refractivity contribution in [3.05, 3.63) is 17.5 Å². The molecule has 1 aromatic rings. The Hall–Kier alpha value is -1.85. The number of hydrogen-bond acceptors (Lipinski definition) is 3. The first kappa shape index (κ1) is 14.6. The fourth-order valence-electron chi connectivity index (χ4n) is 2.99. The van der Waals surface area contributed by atoms with E-state index < -0.39 is 11.5 Å². The van der Waals surface area contributed by atoms with Gasteiger partial charge in [0.15, 0.2) is 0 Å². The van der Waals surface area contributed by atoms with Crippen LogP contribution in [0.4, 0.5) is 0 Å². The Morgan fingerprint density at radius 3 is 2.55 bits per heavy atom. The second kappa shape index (κ2) is 5.64. The smallest absolute Gasteiger partial charge is 0.305 e. The number of carbonyl (C=O) groups is 2. The maximum atomic E-state index is 12.4. The van der Waals surface area contributed by atoms with Gasteiger partial charge in [0.1, 0.15) is 0 Å². The normalized spacial score (nSPS) is 17.7. The van der Waals surface area contributed by atoms with Crippen molar-refractivity contribution in [2.75, 3.05) is 0 Å². The van der Waals surface area contributed by atoms with Crippen LogP contribution in [0.3, 0.4) is 0 Å². The summed E-state index contributed by atoms with van der Waals surface area (Å²) >= 11 is 0. The highest BCUT2D eigenvalue weighted by Gasteiger charge is 2.36. The van der Waals surface area contributed by atoms with Crippen molar-refractivity contribution >= 4 is 11.9 Å². The van der Waals surface area contributed by atoms with Gasteiger partial charge in [0.05, 0.1) is 23.2 Å². The Bertz CT molecular complexity index is 516. The van der Waals surface area contributed by atoms with Gasteiger partial charge in [0.2, 0.25) is 0 Å². The summed E-state index contributed by atoms with van der Waals surface area (Å²) in [6.45, 7) is 1.78. The van der Waals surface area contributed by atoms with Crippen LogP contribution in [0, 0.1) is 6.92 Å². The quantitative estimate of drug-likeness (QED) is 0.877. The predicted octanol–water partition coefficient (Wildman–Crippen LogP) is 1.64. The molecule has 0 unspecified atom stereocenters. The number of aromatic nitrogens is 2. The summed E-state index contributed by atoms with van der Waals surface area (Å²) in [5.41, 5.74) is 0.567. The van der Waals surface area contributed by atoms with E-state index in [0.717, 1.165) is 32.1 Å². The second-order valence-electron chi connectivity index (χ2n) is 5.67. The molecule has 1 saturated carbocycles. The fourth-order valence-corrected chi connectivity index (χ4v) is 2.99. The second-order valence-corrected chi connectivity index (χ2v) is 5.67. The summed E-state index contributed by atoms with van der Waals surface area (Å²) < 4.78 is 1.59. The van der Waals surface area contributed by atoms with Crippen LogP contribution in [0.25, 0.3) is 0 Å². The van der Waals surface area contributed by atoms with Gasteiger partial charge in [0, 0.05) is 13.2 Å². The van der Waals surface area contributed by atoms with Crippen molar-refractivity contribution in [2.45, 2.75) is 51.0 Å². The molecule has 1 aliphatic carbocycles. The molecule has 2 rings (SSSR count). The van der Waals surface area contributed by atoms with E-state index in [9.17, 15) is 9.59 Å². The zero-order chi connectivity index (χ0) is 14.8. The van der Waals surface area contributed by atoms with Gasteiger partial charge in [-0.25, -0.2) is 0 Å². The summed E-state index contributed by atoms with van der Waals surface area (Å²) in [4.78, 5) is 23.5. The Morgan fingerprint density at radius 2 is 2.05 bits per heavy atom. The molecule has 6 nitrogen and oxygen atoms in total. The Morgan fingerprint density at radius 1 is 1.40 bits per heavy atom. The Kier molecular flexibility index (Phi) is 4.11. The molecule has 0 atom stereocenters. The zero-order valence-corrected chi connectivity index (χ0v) is 12.0. The summed E-state index contributed by atoms with van der Waals surface area (Å²) in [6, 6.07) is 0. The first-order valence-electron chi connectivity index (χ1n) is 6.96. The topological polar surface area (TPSA) is 84.2 Å². The van der Waals surface area contributed by atoms with Crippen molar-refractivity contribution in [2.24, 2.45) is 7.05 Å². The van der Waals surface area contributed by atoms with Crippen LogP contribution in [0.2, 0.25) is 0 Å². The SMILES string of the molecule is Cc1nn(C)cc1C(=O)NC1(CC(=O)O)CCCCC1. The highest BCUT2D eigenvalue weighted by atomic mass is 16.4. The molecule has 0 bridgehead atoms. The molecule has 1 aliphatic rings. The van der Waals surface area contributed by atoms with Gasteiger partial charge in [-0.1, -0.05) is 19.3 Å². The molecule has 1 fully saturated rings. The zero-order valence-electron chi connectivity index (χ0n) is 12.0. The van der Waals surface area contributed by atoms with E-state index in [2.05, 4.69) is 10.4 Å². The van der Waals surface area contributed by atoms with Crippen LogP contribution in [0.1, 0.15) is 54.6 Å². The monoisotopic (exact) mass is 279 g/mol. The molecular formula is C14H21N3O3. The molecule has 6 heteroatoms. The molecule has 0 radical (unpaired) electrons. The number of aliphatic carboxylic acids is 1. The minimum Gasteiger partial charge on any atom is -0.481 e. The third-order valence-electron chi connectivity index (χ3n) is 3.94. The number of amides is 1. The molecule has 0 aliphatic heterocycles. The van der Waals surface area contributed by atoms with Gasteiger partial charge in [-0.05, 0) is 19.8 Å². The van der Waals surface area contributed by atoms with E-state index in [1.807, 2.05) is 0 Å². The van der Waals surface area contributed by atoms with Crippen molar-refractivity contribution in [3.63, 3.8) is 0 Å². The number of carboxylic acids is 1. The molecule has 0 saturated heterocycles. The van der Waals surface area contributed by atoms with Crippen LogP contribution in [-0.4, -0.2) is 32.3 Å². The van der Waals surface area contributed by atoms with E-state index in [1.54, 1.807) is 24.9 Å². The number of nitrogens with one attached hydrogen (secondary N) is 1. The van der Waals surface area contributed by atoms with E-state index in [0.29, 0.717) is 11.3 Å². The van der Waals surface area contributed by atoms with Crippen molar-refractivity contribution < 1.29 is 14.7 Å². The van der Waals surface area contributed by atoms with Gasteiger partial charge in [-0.3, -0.25) is 14.3 Å². The van der Waals surface area contributed by atoms with E-state index >= 15 is 0 Å². The first-order valence-corrected chi connectivity index (χ1v) is 6.96.